The van der Waals surface area contributed by atoms with E-state index in [2.05, 4.69) is 0 Å². The predicted molar refractivity (Wildman–Crippen MR) is 77.1 cm³/mol. The van der Waals surface area contributed by atoms with Crippen LogP contribution >= 0.6 is 0 Å². The molecule has 5 heteroatoms. The van der Waals surface area contributed by atoms with Gasteiger partial charge in [-0.1, -0.05) is 12.1 Å². The van der Waals surface area contributed by atoms with Crippen molar-refractivity contribution in [1.29, 1.82) is 0 Å². The molecule has 2 amide bonds. The maximum Gasteiger partial charge on any atom is 0.324 e. The van der Waals surface area contributed by atoms with Crippen molar-refractivity contribution in [2.45, 2.75) is 32.7 Å². The lowest BCUT2D eigenvalue weighted by molar-refractivity contribution is -0.138. The first-order valence-electron chi connectivity index (χ1n) is 6.82. The van der Waals surface area contributed by atoms with Crippen LogP contribution in [0.2, 0.25) is 0 Å². The highest BCUT2D eigenvalue weighted by Crippen LogP contribution is 2.24. The molecule has 2 rings (SSSR count). The Hall–Kier alpha value is -2.04. The molecule has 1 unspecified atom stereocenters. The number of benzene rings is 1. The highest BCUT2D eigenvalue weighted by Gasteiger charge is 2.31. The molecule has 1 N–H and O–H groups in total. The Kier molecular flexibility index (Phi) is 3.97. The highest BCUT2D eigenvalue weighted by molar-refractivity contribution is 5.94. The van der Waals surface area contributed by atoms with Crippen LogP contribution in [0.1, 0.15) is 32.3 Å². The molecule has 108 valence electrons. The van der Waals surface area contributed by atoms with Gasteiger partial charge in [-0.3, -0.25) is 9.69 Å². The van der Waals surface area contributed by atoms with Crippen molar-refractivity contribution in [1.82, 2.24) is 4.90 Å². The topological polar surface area (TPSA) is 60.9 Å². The molecule has 0 spiro atoms. The zero-order chi connectivity index (χ0) is 14.9. The first kappa shape index (κ1) is 14.4. The average Bonchev–Trinajstić information content (AvgIpc) is 2.80. The minimum atomic E-state index is -0.846. The summed E-state index contributed by atoms with van der Waals surface area (Å²) in [5, 5.41) is 8.98. The van der Waals surface area contributed by atoms with Crippen LogP contribution in [-0.4, -0.2) is 41.1 Å². The van der Waals surface area contributed by atoms with Crippen LogP contribution in [0.3, 0.4) is 0 Å². The van der Waals surface area contributed by atoms with Crippen LogP contribution in [0.5, 0.6) is 0 Å². The second-order valence-electron chi connectivity index (χ2n) is 5.37. The lowest BCUT2D eigenvalue weighted by Crippen LogP contribution is -2.36. The fourth-order valence-electron chi connectivity index (χ4n) is 2.36. The molecule has 1 aromatic carbocycles. The summed E-state index contributed by atoms with van der Waals surface area (Å²) in [5.41, 5.74) is 1.56. The van der Waals surface area contributed by atoms with Gasteiger partial charge in [0, 0.05) is 24.8 Å². The second-order valence-corrected chi connectivity index (χ2v) is 5.37. The number of rotatable bonds is 4. The summed E-state index contributed by atoms with van der Waals surface area (Å²) in [6.45, 7) is 7.05. The number of carbonyl (C=O) groups excluding carboxylic acids is 1. The maximum absolute atomic E-state index is 12.2. The van der Waals surface area contributed by atoms with Gasteiger partial charge in [-0.2, -0.15) is 0 Å². The van der Waals surface area contributed by atoms with Gasteiger partial charge >= 0.3 is 12.0 Å². The zero-order valence-electron chi connectivity index (χ0n) is 12.0. The smallest absolute Gasteiger partial charge is 0.324 e. The summed E-state index contributed by atoms with van der Waals surface area (Å²) in [6, 6.07) is 7.39. The standard InChI is InChI=1S/C15H20N2O3/c1-10(2)16-8-9-17(15(16)20)13-6-4-12(5-7-13)11(3)14(18)19/h4-7,10-11H,8-9H2,1-3H3,(H,18,19). The highest BCUT2D eigenvalue weighted by atomic mass is 16.4. The van der Waals surface area contributed by atoms with Crippen molar-refractivity contribution in [3.63, 3.8) is 0 Å². The molecule has 0 saturated carbocycles. The van der Waals surface area contributed by atoms with Crippen molar-refractivity contribution in [3.05, 3.63) is 29.8 Å². The Morgan fingerprint density at radius 3 is 2.20 bits per heavy atom. The first-order chi connectivity index (χ1) is 9.41. The molecule has 1 atom stereocenters. The molecule has 20 heavy (non-hydrogen) atoms. The first-order valence-corrected chi connectivity index (χ1v) is 6.82. The summed E-state index contributed by atoms with van der Waals surface area (Å²) < 4.78 is 0. The number of carbonyl (C=O) groups is 2. The molecular weight excluding hydrogens is 256 g/mol. The third-order valence-electron chi connectivity index (χ3n) is 3.74. The Morgan fingerprint density at radius 2 is 1.75 bits per heavy atom. The van der Waals surface area contributed by atoms with Crippen molar-refractivity contribution in [2.75, 3.05) is 18.0 Å². The minimum Gasteiger partial charge on any atom is -0.481 e. The van der Waals surface area contributed by atoms with Gasteiger partial charge in [0.2, 0.25) is 0 Å². The van der Waals surface area contributed by atoms with Crippen LogP contribution in [-0.2, 0) is 4.79 Å². The molecule has 0 aromatic heterocycles. The average molecular weight is 276 g/mol. The number of hydrogen-bond acceptors (Lipinski definition) is 2. The van der Waals surface area contributed by atoms with Gasteiger partial charge in [0.15, 0.2) is 0 Å². The second kappa shape index (κ2) is 5.53. The monoisotopic (exact) mass is 276 g/mol. The Balaban J connectivity index is 2.15. The van der Waals surface area contributed by atoms with E-state index in [4.69, 9.17) is 5.11 Å². The third-order valence-corrected chi connectivity index (χ3v) is 3.74. The molecular formula is C15H20N2O3. The number of aliphatic carboxylic acids is 1. The molecule has 0 radical (unpaired) electrons. The van der Waals surface area contributed by atoms with Crippen molar-refractivity contribution < 1.29 is 14.7 Å². The fraction of sp³-hybridized carbons (Fsp3) is 0.467. The van der Waals surface area contributed by atoms with Crippen LogP contribution < -0.4 is 4.90 Å². The van der Waals surface area contributed by atoms with Crippen LogP contribution in [0, 0.1) is 0 Å². The number of carboxylic acid groups (broad SMARTS) is 1. The van der Waals surface area contributed by atoms with Crippen molar-refractivity contribution in [2.24, 2.45) is 0 Å². The SMILES string of the molecule is CC(C(=O)O)c1ccc(N2CCN(C(C)C)C2=O)cc1. The summed E-state index contributed by atoms with van der Waals surface area (Å²) in [7, 11) is 0. The lowest BCUT2D eigenvalue weighted by Gasteiger charge is -2.22. The largest absolute Gasteiger partial charge is 0.481 e. The van der Waals surface area contributed by atoms with Gasteiger partial charge in [-0.15, -0.1) is 0 Å². The number of nitrogens with zero attached hydrogens (tertiary/aromatic N) is 2. The lowest BCUT2D eigenvalue weighted by atomic mass is 10.0. The number of urea groups is 1. The van der Waals surface area contributed by atoms with E-state index in [-0.39, 0.29) is 12.1 Å². The van der Waals surface area contributed by atoms with E-state index in [1.165, 1.54) is 0 Å². The molecule has 1 saturated heterocycles. The summed E-state index contributed by atoms with van der Waals surface area (Å²) >= 11 is 0. The van der Waals surface area contributed by atoms with Crippen LogP contribution in [0.15, 0.2) is 24.3 Å². The van der Waals surface area contributed by atoms with Gasteiger partial charge in [0.25, 0.3) is 0 Å². The Morgan fingerprint density at radius 1 is 1.15 bits per heavy atom. The number of carboxylic acids is 1. The molecule has 1 aliphatic rings. The summed E-state index contributed by atoms with van der Waals surface area (Å²) in [4.78, 5) is 26.7. The molecule has 1 aliphatic heterocycles. The van der Waals surface area contributed by atoms with Crippen LogP contribution in [0.4, 0.5) is 10.5 Å². The number of amides is 2. The van der Waals surface area contributed by atoms with Gasteiger partial charge in [-0.05, 0) is 38.5 Å². The number of hydrogen-bond donors (Lipinski definition) is 1. The van der Waals surface area contributed by atoms with Gasteiger partial charge in [0.05, 0.1) is 5.92 Å². The predicted octanol–water partition coefficient (Wildman–Crippen LogP) is 2.53. The maximum atomic E-state index is 12.2. The van der Waals surface area contributed by atoms with E-state index in [9.17, 15) is 9.59 Å². The third kappa shape index (κ3) is 2.61. The van der Waals surface area contributed by atoms with Gasteiger partial charge in [-0.25, -0.2) is 4.79 Å². The zero-order valence-corrected chi connectivity index (χ0v) is 12.0. The fourth-order valence-corrected chi connectivity index (χ4v) is 2.36. The number of anilines is 1. The Labute approximate surface area is 118 Å². The van der Waals surface area contributed by atoms with E-state index in [0.717, 1.165) is 17.8 Å². The summed E-state index contributed by atoms with van der Waals surface area (Å²) in [6.07, 6.45) is 0. The minimum absolute atomic E-state index is 0.0130. The molecule has 0 aliphatic carbocycles. The normalized spacial score (nSPS) is 16.9. The molecule has 1 fully saturated rings. The molecule has 1 aromatic rings. The van der Waals surface area contributed by atoms with E-state index >= 15 is 0 Å². The van der Waals surface area contributed by atoms with E-state index < -0.39 is 11.9 Å². The summed E-state index contributed by atoms with van der Waals surface area (Å²) in [5.74, 6) is -1.38. The van der Waals surface area contributed by atoms with E-state index in [0.29, 0.717) is 6.54 Å². The van der Waals surface area contributed by atoms with Gasteiger partial charge in [0.1, 0.15) is 0 Å². The van der Waals surface area contributed by atoms with Crippen molar-refractivity contribution >= 4 is 17.7 Å². The van der Waals surface area contributed by atoms with E-state index in [1.807, 2.05) is 30.9 Å². The van der Waals surface area contributed by atoms with Crippen LogP contribution in [0.25, 0.3) is 0 Å². The molecule has 5 nitrogen and oxygen atoms in total. The van der Waals surface area contributed by atoms with E-state index in [1.54, 1.807) is 24.0 Å². The van der Waals surface area contributed by atoms with Gasteiger partial charge < -0.3 is 10.0 Å². The molecule has 0 bridgehead atoms. The molecule has 1 heterocycles. The quantitative estimate of drug-likeness (QED) is 0.919. The van der Waals surface area contributed by atoms with Crippen molar-refractivity contribution in [3.8, 4) is 0 Å². The Bertz CT molecular complexity index is 510.